The van der Waals surface area contributed by atoms with E-state index in [1.54, 1.807) is 6.92 Å². The van der Waals surface area contributed by atoms with Crippen molar-refractivity contribution in [2.45, 2.75) is 20.0 Å². The predicted octanol–water partition coefficient (Wildman–Crippen LogP) is 4.11. The van der Waals surface area contributed by atoms with Crippen LogP contribution in [0, 0.1) is 6.92 Å². The fourth-order valence-electron chi connectivity index (χ4n) is 2.70. The quantitative estimate of drug-likeness (QED) is 0.653. The van der Waals surface area contributed by atoms with Gasteiger partial charge in [-0.05, 0) is 48.4 Å². The molecule has 134 valence electrons. The Morgan fingerprint density at radius 1 is 1.00 bits per heavy atom. The summed E-state index contributed by atoms with van der Waals surface area (Å²) in [4.78, 5) is 12.2. The molecule has 0 bridgehead atoms. The fourth-order valence-corrected chi connectivity index (χ4v) is 2.70. The third-order valence-electron chi connectivity index (χ3n) is 4.16. The van der Waals surface area contributed by atoms with Gasteiger partial charge in [0.1, 0.15) is 18.1 Å². The van der Waals surface area contributed by atoms with Crippen molar-refractivity contribution in [3.05, 3.63) is 72.3 Å². The standard InChI is InChI=1S/C22H23NO3/c1-16-7-3-6-10-21(16)25-14-13-23-22(24)17(2)26-20-12-11-18-8-4-5-9-19(18)15-20/h3-12,15,17H,13-14H2,1-2H3,(H,23,24)/t17-/m1/s1. The molecule has 0 spiro atoms. The molecule has 4 heteroatoms. The summed E-state index contributed by atoms with van der Waals surface area (Å²) in [6.45, 7) is 4.58. The van der Waals surface area contributed by atoms with Gasteiger partial charge in [0.15, 0.2) is 6.10 Å². The van der Waals surface area contributed by atoms with Gasteiger partial charge in [0, 0.05) is 0 Å². The Balaban J connectivity index is 1.47. The van der Waals surface area contributed by atoms with Gasteiger partial charge >= 0.3 is 0 Å². The number of aryl methyl sites for hydroxylation is 1. The number of nitrogens with one attached hydrogen (secondary N) is 1. The molecule has 1 N–H and O–H groups in total. The number of benzene rings is 3. The van der Waals surface area contributed by atoms with Gasteiger partial charge < -0.3 is 14.8 Å². The number of carbonyl (C=O) groups is 1. The smallest absolute Gasteiger partial charge is 0.260 e. The van der Waals surface area contributed by atoms with Crippen LogP contribution in [0.4, 0.5) is 0 Å². The molecular weight excluding hydrogens is 326 g/mol. The van der Waals surface area contributed by atoms with Crippen molar-refractivity contribution in [3.63, 3.8) is 0 Å². The number of para-hydroxylation sites is 1. The summed E-state index contributed by atoms with van der Waals surface area (Å²) in [6.07, 6.45) is -0.574. The minimum atomic E-state index is -0.574. The maximum Gasteiger partial charge on any atom is 0.260 e. The number of hydrogen-bond acceptors (Lipinski definition) is 3. The summed E-state index contributed by atoms with van der Waals surface area (Å²) in [6, 6.07) is 21.7. The average Bonchev–Trinajstić information content (AvgIpc) is 2.66. The predicted molar refractivity (Wildman–Crippen MR) is 104 cm³/mol. The van der Waals surface area contributed by atoms with E-state index in [0.717, 1.165) is 22.1 Å². The number of hydrogen-bond donors (Lipinski definition) is 1. The van der Waals surface area contributed by atoms with Crippen LogP contribution in [0.5, 0.6) is 11.5 Å². The third kappa shape index (κ3) is 4.54. The van der Waals surface area contributed by atoms with E-state index >= 15 is 0 Å². The van der Waals surface area contributed by atoms with E-state index in [0.29, 0.717) is 18.9 Å². The van der Waals surface area contributed by atoms with E-state index in [-0.39, 0.29) is 5.91 Å². The van der Waals surface area contributed by atoms with E-state index in [1.165, 1.54) is 0 Å². The lowest BCUT2D eigenvalue weighted by atomic mass is 10.1. The molecular formula is C22H23NO3. The van der Waals surface area contributed by atoms with E-state index < -0.39 is 6.10 Å². The Morgan fingerprint density at radius 2 is 1.73 bits per heavy atom. The van der Waals surface area contributed by atoms with Crippen LogP contribution in [0.15, 0.2) is 66.7 Å². The van der Waals surface area contributed by atoms with Crippen LogP contribution in [0.25, 0.3) is 10.8 Å². The molecule has 3 aromatic rings. The van der Waals surface area contributed by atoms with E-state index in [9.17, 15) is 4.79 Å². The first kappa shape index (κ1) is 17.8. The maximum absolute atomic E-state index is 12.2. The third-order valence-corrected chi connectivity index (χ3v) is 4.16. The van der Waals surface area contributed by atoms with Crippen molar-refractivity contribution in [3.8, 4) is 11.5 Å². The zero-order valence-electron chi connectivity index (χ0n) is 15.1. The lowest BCUT2D eigenvalue weighted by Gasteiger charge is -2.15. The molecule has 0 radical (unpaired) electrons. The van der Waals surface area contributed by atoms with Crippen molar-refractivity contribution in [1.29, 1.82) is 0 Å². The van der Waals surface area contributed by atoms with Gasteiger partial charge in [-0.15, -0.1) is 0 Å². The molecule has 0 aliphatic carbocycles. The lowest BCUT2D eigenvalue weighted by Crippen LogP contribution is -2.38. The first-order valence-corrected chi connectivity index (χ1v) is 8.75. The highest BCUT2D eigenvalue weighted by Gasteiger charge is 2.14. The topological polar surface area (TPSA) is 47.6 Å². The van der Waals surface area contributed by atoms with Gasteiger partial charge in [0.25, 0.3) is 5.91 Å². The Bertz CT molecular complexity index is 891. The molecule has 4 nitrogen and oxygen atoms in total. The molecule has 0 unspecified atom stereocenters. The molecule has 0 aliphatic rings. The summed E-state index contributed by atoms with van der Waals surface area (Å²) in [5.41, 5.74) is 1.08. The second kappa shape index (κ2) is 8.39. The summed E-state index contributed by atoms with van der Waals surface area (Å²) >= 11 is 0. The normalized spacial score (nSPS) is 11.8. The van der Waals surface area contributed by atoms with Crippen LogP contribution < -0.4 is 14.8 Å². The molecule has 3 rings (SSSR count). The van der Waals surface area contributed by atoms with Crippen LogP contribution in [-0.2, 0) is 4.79 Å². The molecule has 0 fully saturated rings. The van der Waals surface area contributed by atoms with Gasteiger partial charge in [-0.2, -0.15) is 0 Å². The summed E-state index contributed by atoms with van der Waals surface area (Å²) in [7, 11) is 0. The minimum absolute atomic E-state index is 0.161. The number of rotatable bonds is 7. The fraction of sp³-hybridized carbons (Fsp3) is 0.227. The van der Waals surface area contributed by atoms with Crippen LogP contribution in [0.3, 0.4) is 0 Å². The van der Waals surface area contributed by atoms with E-state index in [2.05, 4.69) is 5.32 Å². The molecule has 1 atom stereocenters. The Morgan fingerprint density at radius 3 is 2.54 bits per heavy atom. The van der Waals surface area contributed by atoms with Gasteiger partial charge in [0.2, 0.25) is 0 Å². The molecule has 0 saturated carbocycles. The monoisotopic (exact) mass is 349 g/mol. The van der Waals surface area contributed by atoms with Crippen LogP contribution in [0.1, 0.15) is 12.5 Å². The highest BCUT2D eigenvalue weighted by Crippen LogP contribution is 2.21. The van der Waals surface area contributed by atoms with Crippen LogP contribution in [0.2, 0.25) is 0 Å². The van der Waals surface area contributed by atoms with Gasteiger partial charge in [-0.1, -0.05) is 48.5 Å². The van der Waals surface area contributed by atoms with Gasteiger partial charge in [-0.25, -0.2) is 0 Å². The molecule has 1 amide bonds. The Hall–Kier alpha value is -3.01. The molecule has 0 heterocycles. The number of fused-ring (bicyclic) bond motifs is 1. The minimum Gasteiger partial charge on any atom is -0.491 e. The van der Waals surface area contributed by atoms with Crippen molar-refractivity contribution < 1.29 is 14.3 Å². The lowest BCUT2D eigenvalue weighted by molar-refractivity contribution is -0.127. The zero-order valence-corrected chi connectivity index (χ0v) is 15.1. The van der Waals surface area contributed by atoms with Gasteiger partial charge in [-0.3, -0.25) is 4.79 Å². The average molecular weight is 349 g/mol. The number of ether oxygens (including phenoxy) is 2. The van der Waals surface area contributed by atoms with Crippen molar-refractivity contribution in [2.24, 2.45) is 0 Å². The highest BCUT2D eigenvalue weighted by molar-refractivity contribution is 5.84. The van der Waals surface area contributed by atoms with Crippen molar-refractivity contribution in [2.75, 3.05) is 13.2 Å². The van der Waals surface area contributed by atoms with Crippen molar-refractivity contribution >= 4 is 16.7 Å². The van der Waals surface area contributed by atoms with Crippen LogP contribution in [-0.4, -0.2) is 25.2 Å². The van der Waals surface area contributed by atoms with Gasteiger partial charge in [0.05, 0.1) is 6.54 Å². The largest absolute Gasteiger partial charge is 0.491 e. The van der Waals surface area contributed by atoms with E-state index in [1.807, 2.05) is 73.7 Å². The van der Waals surface area contributed by atoms with E-state index in [4.69, 9.17) is 9.47 Å². The Labute approximate surface area is 153 Å². The zero-order chi connectivity index (χ0) is 18.4. The summed E-state index contributed by atoms with van der Waals surface area (Å²) < 4.78 is 11.4. The summed E-state index contributed by atoms with van der Waals surface area (Å²) in [5, 5.41) is 5.07. The molecule has 0 saturated heterocycles. The highest BCUT2D eigenvalue weighted by atomic mass is 16.5. The SMILES string of the molecule is Cc1ccccc1OCCNC(=O)[C@@H](C)Oc1ccc2ccccc2c1. The number of carbonyl (C=O) groups excluding carboxylic acids is 1. The second-order valence-electron chi connectivity index (χ2n) is 6.17. The molecule has 0 aromatic heterocycles. The first-order chi connectivity index (χ1) is 12.6. The first-order valence-electron chi connectivity index (χ1n) is 8.75. The maximum atomic E-state index is 12.2. The molecule has 26 heavy (non-hydrogen) atoms. The summed E-state index contributed by atoms with van der Waals surface area (Å²) in [5.74, 6) is 1.36. The second-order valence-corrected chi connectivity index (χ2v) is 6.17. The number of amides is 1. The van der Waals surface area contributed by atoms with Crippen molar-refractivity contribution in [1.82, 2.24) is 5.32 Å². The molecule has 0 aliphatic heterocycles. The van der Waals surface area contributed by atoms with Crippen LogP contribution >= 0.6 is 0 Å². The Kier molecular flexibility index (Phi) is 5.74. The molecule has 3 aromatic carbocycles.